The molecule has 0 fully saturated rings. The Morgan fingerprint density at radius 3 is 2.56 bits per heavy atom. The molecule has 0 aliphatic rings. The van der Waals surface area contributed by atoms with Crippen molar-refractivity contribution in [2.24, 2.45) is 0 Å². The van der Waals surface area contributed by atoms with Gasteiger partial charge in [-0.25, -0.2) is 0 Å². The van der Waals surface area contributed by atoms with Crippen molar-refractivity contribution in [3.63, 3.8) is 0 Å². The summed E-state index contributed by atoms with van der Waals surface area (Å²) in [5.74, 6) is 0.692. The fourth-order valence-electron chi connectivity index (χ4n) is 2.49. The summed E-state index contributed by atoms with van der Waals surface area (Å²) in [5, 5.41) is 2.94. The number of methoxy groups -OCH3 is 1. The third kappa shape index (κ3) is 6.63. The quantitative estimate of drug-likeness (QED) is 0.733. The maximum absolute atomic E-state index is 12.3. The van der Waals surface area contributed by atoms with Gasteiger partial charge < -0.3 is 10.1 Å². The molecular formula is C20H23NO3S. The minimum atomic E-state index is -0.374. The first-order chi connectivity index (χ1) is 12.1. The molecule has 1 atom stereocenters. The minimum Gasteiger partial charge on any atom is -0.469 e. The molecule has 2 rings (SSSR count). The van der Waals surface area contributed by atoms with Gasteiger partial charge in [-0.2, -0.15) is 0 Å². The van der Waals surface area contributed by atoms with E-state index in [0.717, 1.165) is 11.3 Å². The molecule has 0 heterocycles. The fourth-order valence-corrected chi connectivity index (χ4v) is 3.27. The number of benzene rings is 2. The first-order valence-corrected chi connectivity index (χ1v) is 9.28. The summed E-state index contributed by atoms with van der Waals surface area (Å²) in [7, 11) is 1.35. The average Bonchev–Trinajstić information content (AvgIpc) is 2.62. The van der Waals surface area contributed by atoms with Crippen LogP contribution in [0.15, 0.2) is 54.6 Å². The second-order valence-electron chi connectivity index (χ2n) is 5.79. The van der Waals surface area contributed by atoms with Crippen molar-refractivity contribution < 1.29 is 14.3 Å². The number of hydrogen-bond donors (Lipinski definition) is 1. The molecule has 25 heavy (non-hydrogen) atoms. The van der Waals surface area contributed by atoms with Crippen LogP contribution in [0.2, 0.25) is 0 Å². The van der Waals surface area contributed by atoms with Crippen LogP contribution in [0.4, 0.5) is 0 Å². The van der Waals surface area contributed by atoms with E-state index in [-0.39, 0.29) is 24.3 Å². The number of carbonyl (C=O) groups is 2. The smallest absolute Gasteiger partial charge is 0.307 e. The van der Waals surface area contributed by atoms with Crippen molar-refractivity contribution in [3.05, 3.63) is 71.3 Å². The lowest BCUT2D eigenvalue weighted by Crippen LogP contribution is -2.31. The molecule has 0 unspecified atom stereocenters. The van der Waals surface area contributed by atoms with Gasteiger partial charge in [-0.05, 0) is 18.1 Å². The van der Waals surface area contributed by atoms with E-state index in [1.165, 1.54) is 18.2 Å². The summed E-state index contributed by atoms with van der Waals surface area (Å²) < 4.78 is 4.74. The largest absolute Gasteiger partial charge is 0.469 e. The molecule has 2 aromatic rings. The number of rotatable bonds is 8. The Kier molecular flexibility index (Phi) is 7.54. The molecule has 0 aliphatic heterocycles. The summed E-state index contributed by atoms with van der Waals surface area (Å²) >= 11 is 1.56. The number of carbonyl (C=O) groups excluding carboxylic acids is 2. The number of nitrogens with one attached hydrogen (secondary N) is 1. The highest BCUT2D eigenvalue weighted by Crippen LogP contribution is 2.18. The Bertz CT molecular complexity index is 703. The number of ether oxygens (including phenoxy) is 1. The van der Waals surface area contributed by atoms with Crippen LogP contribution >= 0.6 is 11.8 Å². The Labute approximate surface area is 153 Å². The Hall–Kier alpha value is -2.27. The Morgan fingerprint density at radius 1 is 1.12 bits per heavy atom. The SMILES string of the molecule is COC(=O)C[C@H](NC(=O)CSCc1cccc(C)c1)c1ccccc1. The number of amides is 1. The van der Waals surface area contributed by atoms with Gasteiger partial charge in [0.15, 0.2) is 0 Å². The zero-order chi connectivity index (χ0) is 18.1. The van der Waals surface area contributed by atoms with E-state index in [1.54, 1.807) is 11.8 Å². The first kappa shape index (κ1) is 19.1. The lowest BCUT2D eigenvalue weighted by molar-refractivity contribution is -0.141. The van der Waals surface area contributed by atoms with E-state index in [2.05, 4.69) is 30.4 Å². The molecule has 0 saturated carbocycles. The maximum Gasteiger partial charge on any atom is 0.307 e. The molecule has 4 nitrogen and oxygen atoms in total. The molecule has 0 radical (unpaired) electrons. The zero-order valence-corrected chi connectivity index (χ0v) is 15.3. The molecule has 0 saturated heterocycles. The van der Waals surface area contributed by atoms with Crippen LogP contribution in [-0.4, -0.2) is 24.7 Å². The molecule has 1 amide bonds. The van der Waals surface area contributed by atoms with E-state index < -0.39 is 0 Å². The van der Waals surface area contributed by atoms with Crippen molar-refractivity contribution in [1.82, 2.24) is 5.32 Å². The fraction of sp³-hybridized carbons (Fsp3) is 0.300. The highest BCUT2D eigenvalue weighted by molar-refractivity contribution is 7.99. The number of aryl methyl sites for hydroxylation is 1. The van der Waals surface area contributed by atoms with Gasteiger partial charge in [0, 0.05) is 5.75 Å². The van der Waals surface area contributed by atoms with Gasteiger partial charge >= 0.3 is 5.97 Å². The molecule has 0 aliphatic carbocycles. The number of hydrogen-bond acceptors (Lipinski definition) is 4. The van der Waals surface area contributed by atoms with Crippen molar-refractivity contribution in [2.75, 3.05) is 12.9 Å². The van der Waals surface area contributed by atoms with E-state index in [9.17, 15) is 9.59 Å². The van der Waals surface area contributed by atoms with Crippen LogP contribution in [0.25, 0.3) is 0 Å². The third-order valence-electron chi connectivity index (χ3n) is 3.72. The van der Waals surface area contributed by atoms with Crippen LogP contribution < -0.4 is 5.32 Å². The first-order valence-electron chi connectivity index (χ1n) is 8.13. The Morgan fingerprint density at radius 2 is 1.88 bits per heavy atom. The van der Waals surface area contributed by atoms with Gasteiger partial charge in [-0.1, -0.05) is 60.2 Å². The minimum absolute atomic E-state index is 0.0876. The average molecular weight is 357 g/mol. The van der Waals surface area contributed by atoms with Gasteiger partial charge in [0.25, 0.3) is 0 Å². The Balaban J connectivity index is 1.89. The van der Waals surface area contributed by atoms with Crippen LogP contribution in [-0.2, 0) is 20.1 Å². The highest BCUT2D eigenvalue weighted by atomic mass is 32.2. The van der Waals surface area contributed by atoms with Crippen molar-refractivity contribution in [3.8, 4) is 0 Å². The second kappa shape index (κ2) is 9.89. The second-order valence-corrected chi connectivity index (χ2v) is 6.78. The predicted octanol–water partition coefficient (Wildman–Crippen LogP) is 3.65. The van der Waals surface area contributed by atoms with Gasteiger partial charge in [0.05, 0.1) is 25.3 Å². The molecule has 5 heteroatoms. The molecule has 0 spiro atoms. The van der Waals surface area contributed by atoms with Gasteiger partial charge in [0.2, 0.25) is 5.91 Å². The number of esters is 1. The van der Waals surface area contributed by atoms with Crippen LogP contribution in [0.5, 0.6) is 0 Å². The van der Waals surface area contributed by atoms with E-state index in [0.29, 0.717) is 5.75 Å². The van der Waals surface area contributed by atoms with Crippen LogP contribution in [0.1, 0.15) is 29.2 Å². The summed E-state index contributed by atoms with van der Waals surface area (Å²) in [6.45, 7) is 2.05. The molecule has 0 aromatic heterocycles. The lowest BCUT2D eigenvalue weighted by atomic mass is 10.0. The van der Waals surface area contributed by atoms with Crippen LogP contribution in [0.3, 0.4) is 0 Å². The summed E-state index contributed by atoms with van der Waals surface area (Å²) in [5.41, 5.74) is 3.31. The summed E-state index contributed by atoms with van der Waals surface area (Å²) in [6.07, 6.45) is 0.120. The molecule has 2 aromatic carbocycles. The highest BCUT2D eigenvalue weighted by Gasteiger charge is 2.18. The monoisotopic (exact) mass is 357 g/mol. The molecular weight excluding hydrogens is 334 g/mol. The van der Waals surface area contributed by atoms with Crippen molar-refractivity contribution in [2.45, 2.75) is 25.1 Å². The maximum atomic E-state index is 12.3. The van der Waals surface area contributed by atoms with E-state index in [4.69, 9.17) is 4.74 Å². The molecule has 0 bridgehead atoms. The zero-order valence-electron chi connectivity index (χ0n) is 14.5. The number of thioether (sulfide) groups is 1. The lowest BCUT2D eigenvalue weighted by Gasteiger charge is -2.18. The van der Waals surface area contributed by atoms with Crippen molar-refractivity contribution >= 4 is 23.6 Å². The molecule has 1 N–H and O–H groups in total. The topological polar surface area (TPSA) is 55.4 Å². The summed E-state index contributed by atoms with van der Waals surface area (Å²) in [4.78, 5) is 23.9. The van der Waals surface area contributed by atoms with Gasteiger partial charge in [0.1, 0.15) is 0 Å². The summed E-state index contributed by atoms with van der Waals surface area (Å²) in [6, 6.07) is 17.3. The van der Waals surface area contributed by atoms with Crippen LogP contribution in [0, 0.1) is 6.92 Å². The normalized spacial score (nSPS) is 11.6. The van der Waals surface area contributed by atoms with Crippen molar-refractivity contribution in [1.29, 1.82) is 0 Å². The van der Waals surface area contributed by atoms with E-state index in [1.807, 2.05) is 36.4 Å². The van der Waals surface area contributed by atoms with Gasteiger partial charge in [-0.3, -0.25) is 9.59 Å². The molecule has 132 valence electrons. The van der Waals surface area contributed by atoms with Gasteiger partial charge in [-0.15, -0.1) is 11.8 Å². The third-order valence-corrected chi connectivity index (χ3v) is 4.72. The predicted molar refractivity (Wildman–Crippen MR) is 101 cm³/mol. The van der Waals surface area contributed by atoms with E-state index >= 15 is 0 Å². The standard InChI is InChI=1S/C20H23NO3S/c1-15-7-6-8-16(11-15)13-25-14-19(22)21-18(12-20(23)24-2)17-9-4-3-5-10-17/h3-11,18H,12-14H2,1-2H3,(H,21,22)/t18-/m0/s1.